The smallest absolute Gasteiger partial charge is 0.0541 e. The largest absolute Gasteiger partial charge is 0.309 e. The Bertz CT molecular complexity index is 2240. The molecule has 0 N–H and O–H groups in total. The van der Waals surface area contributed by atoms with Crippen molar-refractivity contribution in [3.05, 3.63) is 150 Å². The van der Waals surface area contributed by atoms with Gasteiger partial charge in [-0.3, -0.25) is 0 Å². The summed E-state index contributed by atoms with van der Waals surface area (Å²) in [5.74, 6) is 0. The van der Waals surface area contributed by atoms with E-state index < -0.39 is 0 Å². The van der Waals surface area contributed by atoms with Crippen LogP contribution in [0.1, 0.15) is 16.7 Å². The van der Waals surface area contributed by atoms with Gasteiger partial charge >= 0.3 is 0 Å². The number of nitrogens with zero attached hydrogens (tertiary/aromatic N) is 1. The summed E-state index contributed by atoms with van der Waals surface area (Å²) in [6.07, 6.45) is 0. The van der Waals surface area contributed by atoms with Crippen molar-refractivity contribution >= 4 is 43.4 Å². The molecule has 200 valence electrons. The van der Waals surface area contributed by atoms with Gasteiger partial charge in [-0.15, -0.1) is 0 Å². The average Bonchev–Trinajstić information content (AvgIpc) is 3.33. The van der Waals surface area contributed by atoms with Crippen molar-refractivity contribution < 1.29 is 0 Å². The molecule has 0 saturated heterocycles. The van der Waals surface area contributed by atoms with E-state index in [0.29, 0.717) is 0 Å². The average molecular weight is 538 g/mol. The monoisotopic (exact) mass is 537 g/mol. The molecule has 0 saturated carbocycles. The first-order valence-corrected chi connectivity index (χ1v) is 14.7. The number of hydrogen-bond acceptors (Lipinski definition) is 0. The summed E-state index contributed by atoms with van der Waals surface area (Å²) >= 11 is 0. The molecule has 0 aliphatic rings. The van der Waals surface area contributed by atoms with E-state index in [0.717, 1.165) is 0 Å². The molecule has 1 heterocycles. The zero-order chi connectivity index (χ0) is 28.4. The number of rotatable bonds is 3. The summed E-state index contributed by atoms with van der Waals surface area (Å²) in [6.45, 7) is 6.53. The fourth-order valence-corrected chi connectivity index (χ4v) is 6.83. The number of fused-ring (bicyclic) bond motifs is 5. The molecule has 1 heteroatoms. The standard InChI is InChI=1S/C41H31N/c1-26-13-20-34-37(25-26)41(29-9-5-4-6-10-29)33-12-8-7-11-32(33)40(34)30-16-18-31(19-17-30)42-38-21-14-27(2)23-35(38)36-24-28(3)15-22-39(36)42/h4-25H,1-3H3. The predicted molar refractivity (Wildman–Crippen MR) is 181 cm³/mol. The normalized spacial score (nSPS) is 11.7. The van der Waals surface area contributed by atoms with Crippen LogP contribution >= 0.6 is 0 Å². The Morgan fingerprint density at radius 3 is 1.40 bits per heavy atom. The molecule has 42 heavy (non-hydrogen) atoms. The fourth-order valence-electron chi connectivity index (χ4n) is 6.83. The molecule has 1 nitrogen and oxygen atoms in total. The second-order valence-corrected chi connectivity index (χ2v) is 11.6. The van der Waals surface area contributed by atoms with Gasteiger partial charge in [-0.25, -0.2) is 0 Å². The third-order valence-corrected chi connectivity index (χ3v) is 8.73. The van der Waals surface area contributed by atoms with Crippen molar-refractivity contribution in [2.24, 2.45) is 0 Å². The highest BCUT2D eigenvalue weighted by Crippen LogP contribution is 2.44. The zero-order valence-electron chi connectivity index (χ0n) is 24.1. The van der Waals surface area contributed by atoms with Crippen molar-refractivity contribution in [3.8, 4) is 27.9 Å². The molecule has 8 rings (SSSR count). The fraction of sp³-hybridized carbons (Fsp3) is 0.0732. The molecule has 7 aromatic carbocycles. The highest BCUT2D eigenvalue weighted by molar-refractivity contribution is 6.21. The van der Waals surface area contributed by atoms with E-state index in [1.165, 1.54) is 88.0 Å². The molecular weight excluding hydrogens is 506 g/mol. The first-order valence-electron chi connectivity index (χ1n) is 14.7. The second-order valence-electron chi connectivity index (χ2n) is 11.6. The van der Waals surface area contributed by atoms with E-state index in [9.17, 15) is 0 Å². The van der Waals surface area contributed by atoms with Crippen LogP contribution in [0.2, 0.25) is 0 Å². The minimum Gasteiger partial charge on any atom is -0.309 e. The SMILES string of the molecule is Cc1ccc2c(-c3ccc(-n4c5ccc(C)cc5c5cc(C)ccc54)cc3)c3ccccc3c(-c3ccccc3)c2c1. The van der Waals surface area contributed by atoms with E-state index in [-0.39, 0.29) is 0 Å². The Labute approximate surface area is 246 Å². The minimum absolute atomic E-state index is 1.18. The van der Waals surface area contributed by atoms with Crippen LogP contribution in [0.5, 0.6) is 0 Å². The summed E-state index contributed by atoms with van der Waals surface area (Å²) in [4.78, 5) is 0. The summed E-state index contributed by atoms with van der Waals surface area (Å²) in [5, 5.41) is 7.77. The van der Waals surface area contributed by atoms with Crippen LogP contribution in [-0.2, 0) is 0 Å². The number of aryl methyl sites for hydroxylation is 3. The van der Waals surface area contributed by atoms with Gasteiger partial charge < -0.3 is 4.57 Å². The lowest BCUT2D eigenvalue weighted by Crippen LogP contribution is -1.95. The Balaban J connectivity index is 1.38. The van der Waals surface area contributed by atoms with Crippen LogP contribution in [0.15, 0.2) is 133 Å². The van der Waals surface area contributed by atoms with Crippen LogP contribution < -0.4 is 0 Å². The Morgan fingerprint density at radius 1 is 0.357 bits per heavy atom. The van der Waals surface area contributed by atoms with Crippen molar-refractivity contribution in [1.29, 1.82) is 0 Å². The van der Waals surface area contributed by atoms with Crippen LogP contribution in [0.25, 0.3) is 71.3 Å². The van der Waals surface area contributed by atoms with Gasteiger partial charge in [0, 0.05) is 16.5 Å². The predicted octanol–water partition coefficient (Wildman–Crippen LogP) is 11.3. The van der Waals surface area contributed by atoms with E-state index in [1.807, 2.05) is 0 Å². The highest BCUT2D eigenvalue weighted by Gasteiger charge is 2.18. The Hall–Kier alpha value is -5.14. The van der Waals surface area contributed by atoms with Gasteiger partial charge in [0.05, 0.1) is 11.0 Å². The topological polar surface area (TPSA) is 4.93 Å². The van der Waals surface area contributed by atoms with Gasteiger partial charge in [0.2, 0.25) is 0 Å². The van der Waals surface area contributed by atoms with Gasteiger partial charge in [-0.2, -0.15) is 0 Å². The maximum atomic E-state index is 2.41. The summed E-state index contributed by atoms with van der Waals surface area (Å²) in [5.41, 5.74) is 12.6. The maximum Gasteiger partial charge on any atom is 0.0541 e. The van der Waals surface area contributed by atoms with Crippen LogP contribution in [-0.4, -0.2) is 4.57 Å². The molecule has 0 atom stereocenters. The third kappa shape index (κ3) is 3.78. The Kier molecular flexibility index (Phi) is 5.55. The first kappa shape index (κ1) is 24.6. The molecule has 1 aromatic heterocycles. The van der Waals surface area contributed by atoms with Crippen LogP contribution in [0.4, 0.5) is 0 Å². The van der Waals surface area contributed by atoms with E-state index in [4.69, 9.17) is 0 Å². The van der Waals surface area contributed by atoms with Crippen molar-refractivity contribution in [1.82, 2.24) is 4.57 Å². The second kappa shape index (κ2) is 9.46. The number of benzene rings is 7. The van der Waals surface area contributed by atoms with E-state index >= 15 is 0 Å². The molecule has 0 unspecified atom stereocenters. The van der Waals surface area contributed by atoms with Crippen LogP contribution in [0, 0.1) is 20.8 Å². The molecule has 0 aliphatic heterocycles. The van der Waals surface area contributed by atoms with Gasteiger partial charge in [0.25, 0.3) is 0 Å². The zero-order valence-corrected chi connectivity index (χ0v) is 24.1. The molecule has 0 bridgehead atoms. The summed E-state index contributed by atoms with van der Waals surface area (Å²) in [6, 6.07) is 49.4. The number of hydrogen-bond donors (Lipinski definition) is 0. The molecule has 0 aliphatic carbocycles. The van der Waals surface area contributed by atoms with Crippen LogP contribution in [0.3, 0.4) is 0 Å². The Morgan fingerprint density at radius 2 is 0.810 bits per heavy atom. The third-order valence-electron chi connectivity index (χ3n) is 8.73. The molecule has 0 radical (unpaired) electrons. The van der Waals surface area contributed by atoms with Gasteiger partial charge in [-0.05, 0) is 101 Å². The molecule has 8 aromatic rings. The van der Waals surface area contributed by atoms with Crippen molar-refractivity contribution in [2.75, 3.05) is 0 Å². The highest BCUT2D eigenvalue weighted by atomic mass is 15.0. The first-order chi connectivity index (χ1) is 20.6. The lowest BCUT2D eigenvalue weighted by atomic mass is 9.85. The van der Waals surface area contributed by atoms with E-state index in [1.54, 1.807) is 0 Å². The molecule has 0 amide bonds. The lowest BCUT2D eigenvalue weighted by molar-refractivity contribution is 1.18. The molecule has 0 spiro atoms. The number of aromatic nitrogens is 1. The summed E-state index contributed by atoms with van der Waals surface area (Å²) in [7, 11) is 0. The van der Waals surface area contributed by atoms with Gasteiger partial charge in [0.15, 0.2) is 0 Å². The molecule has 0 fully saturated rings. The summed E-state index contributed by atoms with van der Waals surface area (Å²) < 4.78 is 2.41. The van der Waals surface area contributed by atoms with Crippen molar-refractivity contribution in [3.63, 3.8) is 0 Å². The van der Waals surface area contributed by atoms with Crippen molar-refractivity contribution in [2.45, 2.75) is 20.8 Å². The molecular formula is C41H31N. The van der Waals surface area contributed by atoms with Gasteiger partial charge in [0.1, 0.15) is 0 Å². The maximum absolute atomic E-state index is 2.41. The quantitative estimate of drug-likeness (QED) is 0.198. The lowest BCUT2D eigenvalue weighted by Gasteiger charge is -2.18. The van der Waals surface area contributed by atoms with Gasteiger partial charge in [-0.1, -0.05) is 114 Å². The van der Waals surface area contributed by atoms with E-state index in [2.05, 4.69) is 159 Å². The minimum atomic E-state index is 1.18.